The van der Waals surface area contributed by atoms with Gasteiger partial charge < -0.3 is 10.8 Å². The second-order valence-corrected chi connectivity index (χ2v) is 5.89. The van der Waals surface area contributed by atoms with Gasteiger partial charge in [0.2, 0.25) is 5.95 Å². The predicted octanol–water partition coefficient (Wildman–Crippen LogP) is 2.51. The third kappa shape index (κ3) is 3.06. The van der Waals surface area contributed by atoms with Gasteiger partial charge in [0.25, 0.3) is 0 Å². The molecular weight excluding hydrogens is 300 g/mol. The fourth-order valence-corrected chi connectivity index (χ4v) is 3.17. The molecule has 1 atom stereocenters. The Morgan fingerprint density at radius 1 is 1.32 bits per heavy atom. The molecule has 0 saturated carbocycles. The third-order valence-electron chi connectivity index (χ3n) is 4.06. The average Bonchev–Trinajstić information content (AvgIpc) is 2.97. The molecular formula is C16H19ClN4O. The van der Waals surface area contributed by atoms with Crippen molar-refractivity contribution in [3.05, 3.63) is 41.2 Å². The first kappa shape index (κ1) is 15.2. The van der Waals surface area contributed by atoms with Crippen LogP contribution < -0.4 is 5.73 Å². The van der Waals surface area contributed by atoms with E-state index in [0.717, 1.165) is 36.2 Å². The number of rotatable bonds is 4. The van der Waals surface area contributed by atoms with E-state index in [-0.39, 0.29) is 18.6 Å². The van der Waals surface area contributed by atoms with E-state index in [0.29, 0.717) is 11.6 Å². The Bertz CT molecular complexity index is 647. The van der Waals surface area contributed by atoms with Crippen LogP contribution in [0.3, 0.4) is 0 Å². The number of nitrogens with zero attached hydrogens (tertiary/aromatic N) is 3. The normalized spacial score (nSPS) is 18.7. The number of aliphatic hydroxyl groups is 1. The van der Waals surface area contributed by atoms with E-state index in [4.69, 9.17) is 17.3 Å². The van der Waals surface area contributed by atoms with Gasteiger partial charge in [0.05, 0.1) is 18.3 Å². The summed E-state index contributed by atoms with van der Waals surface area (Å²) in [6.45, 7) is 1.76. The van der Waals surface area contributed by atoms with Gasteiger partial charge in [-0.1, -0.05) is 23.7 Å². The Balaban J connectivity index is 2.02. The lowest BCUT2D eigenvalue weighted by atomic mass is 10.00. The zero-order chi connectivity index (χ0) is 15.5. The van der Waals surface area contributed by atoms with Gasteiger partial charge in [-0.2, -0.15) is 0 Å². The van der Waals surface area contributed by atoms with Gasteiger partial charge in [-0.3, -0.25) is 4.90 Å². The number of halogens is 1. The summed E-state index contributed by atoms with van der Waals surface area (Å²) in [5, 5.41) is 9.95. The molecule has 22 heavy (non-hydrogen) atoms. The molecule has 1 saturated heterocycles. The summed E-state index contributed by atoms with van der Waals surface area (Å²) in [5.41, 5.74) is 8.73. The molecule has 0 amide bonds. The number of likely N-dealkylation sites (tertiary alicyclic amines) is 1. The van der Waals surface area contributed by atoms with Crippen molar-refractivity contribution in [2.45, 2.75) is 18.9 Å². The summed E-state index contributed by atoms with van der Waals surface area (Å²) in [6, 6.07) is 7.81. The number of benzene rings is 1. The fraction of sp³-hybridized carbons (Fsp3) is 0.375. The maximum absolute atomic E-state index is 9.25. The first-order chi connectivity index (χ1) is 10.7. The van der Waals surface area contributed by atoms with Gasteiger partial charge in [-0.15, -0.1) is 0 Å². The van der Waals surface area contributed by atoms with Crippen LogP contribution in [0, 0.1) is 0 Å². The number of nitrogens with two attached hydrogens (primary N) is 1. The molecule has 116 valence electrons. The molecule has 1 aliphatic rings. The van der Waals surface area contributed by atoms with Gasteiger partial charge in [-0.05, 0) is 37.1 Å². The largest absolute Gasteiger partial charge is 0.395 e. The highest BCUT2D eigenvalue weighted by molar-refractivity contribution is 6.30. The van der Waals surface area contributed by atoms with Gasteiger partial charge in [0, 0.05) is 23.3 Å². The van der Waals surface area contributed by atoms with Crippen molar-refractivity contribution in [2.75, 3.05) is 25.4 Å². The molecule has 2 aromatic rings. The van der Waals surface area contributed by atoms with Crippen molar-refractivity contribution in [1.82, 2.24) is 14.9 Å². The molecule has 6 heteroatoms. The Morgan fingerprint density at radius 2 is 2.09 bits per heavy atom. The highest BCUT2D eigenvalue weighted by atomic mass is 35.5. The minimum absolute atomic E-state index is 0.146. The topological polar surface area (TPSA) is 75.3 Å². The van der Waals surface area contributed by atoms with Crippen molar-refractivity contribution in [3.63, 3.8) is 0 Å². The minimum atomic E-state index is 0.146. The highest BCUT2D eigenvalue weighted by Gasteiger charge is 2.29. The zero-order valence-corrected chi connectivity index (χ0v) is 13.0. The predicted molar refractivity (Wildman–Crippen MR) is 87.5 cm³/mol. The molecule has 1 aliphatic heterocycles. The summed E-state index contributed by atoms with van der Waals surface area (Å²) in [7, 11) is 0. The van der Waals surface area contributed by atoms with Crippen LogP contribution in [0.1, 0.15) is 24.6 Å². The van der Waals surface area contributed by atoms with E-state index in [1.54, 1.807) is 6.20 Å². The Morgan fingerprint density at radius 3 is 2.82 bits per heavy atom. The molecule has 3 rings (SSSR count). The fourth-order valence-electron chi connectivity index (χ4n) is 3.05. The summed E-state index contributed by atoms with van der Waals surface area (Å²) in [4.78, 5) is 10.9. The quantitative estimate of drug-likeness (QED) is 0.906. The van der Waals surface area contributed by atoms with Crippen LogP contribution in [0.2, 0.25) is 5.02 Å². The van der Waals surface area contributed by atoms with E-state index in [1.165, 1.54) is 0 Å². The molecule has 2 heterocycles. The van der Waals surface area contributed by atoms with Crippen molar-refractivity contribution < 1.29 is 5.11 Å². The lowest BCUT2D eigenvalue weighted by Crippen LogP contribution is -2.27. The monoisotopic (exact) mass is 318 g/mol. The molecule has 0 aliphatic carbocycles. The standard InChI is InChI=1S/C16H19ClN4O/c17-12-5-3-11(4-6-12)13-10-19-16(18)20-15(13)14-2-1-7-21(14)8-9-22/h3-6,10,14,22H,1-2,7-9H2,(H2,18,19,20). The van der Waals surface area contributed by atoms with Gasteiger partial charge >= 0.3 is 0 Å². The van der Waals surface area contributed by atoms with Gasteiger partial charge in [0.1, 0.15) is 0 Å². The maximum atomic E-state index is 9.25. The third-order valence-corrected chi connectivity index (χ3v) is 4.31. The van der Waals surface area contributed by atoms with Crippen molar-refractivity contribution >= 4 is 17.5 Å². The summed E-state index contributed by atoms with van der Waals surface area (Å²) in [5.74, 6) is 0.281. The minimum Gasteiger partial charge on any atom is -0.395 e. The van der Waals surface area contributed by atoms with E-state index in [2.05, 4.69) is 14.9 Å². The maximum Gasteiger partial charge on any atom is 0.220 e. The molecule has 0 spiro atoms. The van der Waals surface area contributed by atoms with Gasteiger partial charge in [-0.25, -0.2) is 9.97 Å². The van der Waals surface area contributed by atoms with E-state index in [1.807, 2.05) is 24.3 Å². The molecule has 5 nitrogen and oxygen atoms in total. The molecule has 1 fully saturated rings. The number of aliphatic hydroxyl groups excluding tert-OH is 1. The van der Waals surface area contributed by atoms with Crippen molar-refractivity contribution in [2.24, 2.45) is 0 Å². The lowest BCUT2D eigenvalue weighted by Gasteiger charge is -2.25. The zero-order valence-electron chi connectivity index (χ0n) is 12.2. The number of aromatic nitrogens is 2. The summed E-state index contributed by atoms with van der Waals surface area (Å²) < 4.78 is 0. The number of hydrogen-bond acceptors (Lipinski definition) is 5. The van der Waals surface area contributed by atoms with E-state index in [9.17, 15) is 5.11 Å². The van der Waals surface area contributed by atoms with Crippen LogP contribution in [0.15, 0.2) is 30.5 Å². The number of hydrogen-bond donors (Lipinski definition) is 2. The average molecular weight is 319 g/mol. The molecule has 3 N–H and O–H groups in total. The molecule has 1 aromatic heterocycles. The van der Waals surface area contributed by atoms with Crippen LogP contribution in [-0.4, -0.2) is 39.7 Å². The van der Waals surface area contributed by atoms with Gasteiger partial charge in [0.15, 0.2) is 0 Å². The second kappa shape index (κ2) is 6.60. The smallest absolute Gasteiger partial charge is 0.220 e. The molecule has 1 unspecified atom stereocenters. The number of nitrogen functional groups attached to an aromatic ring is 1. The first-order valence-corrected chi connectivity index (χ1v) is 7.80. The highest BCUT2D eigenvalue weighted by Crippen LogP contribution is 2.36. The molecule has 0 radical (unpaired) electrons. The van der Waals surface area contributed by atoms with Crippen LogP contribution >= 0.6 is 11.6 Å². The summed E-state index contributed by atoms with van der Waals surface area (Å²) >= 11 is 5.97. The van der Waals surface area contributed by atoms with Crippen LogP contribution in [-0.2, 0) is 0 Å². The Kier molecular flexibility index (Phi) is 4.57. The van der Waals surface area contributed by atoms with Crippen molar-refractivity contribution in [1.29, 1.82) is 0 Å². The first-order valence-electron chi connectivity index (χ1n) is 7.42. The molecule has 0 bridgehead atoms. The summed E-state index contributed by atoms with van der Waals surface area (Å²) in [6.07, 6.45) is 3.88. The molecule has 1 aromatic carbocycles. The van der Waals surface area contributed by atoms with Crippen LogP contribution in [0.4, 0.5) is 5.95 Å². The number of β-amino-alcohol motifs (C(OH)–C–C–N with tert-alkyl or cyclic N) is 1. The Hall–Kier alpha value is -1.69. The number of anilines is 1. The Labute approximate surface area is 134 Å². The van der Waals surface area contributed by atoms with E-state index >= 15 is 0 Å². The van der Waals surface area contributed by atoms with Crippen LogP contribution in [0.25, 0.3) is 11.1 Å². The van der Waals surface area contributed by atoms with E-state index < -0.39 is 0 Å². The lowest BCUT2D eigenvalue weighted by molar-refractivity contribution is 0.184. The SMILES string of the molecule is Nc1ncc(-c2ccc(Cl)cc2)c(C2CCCN2CCO)n1. The van der Waals surface area contributed by atoms with Crippen molar-refractivity contribution in [3.8, 4) is 11.1 Å². The second-order valence-electron chi connectivity index (χ2n) is 5.45. The van der Waals surface area contributed by atoms with Crippen LogP contribution in [0.5, 0.6) is 0 Å².